The highest BCUT2D eigenvalue weighted by molar-refractivity contribution is 14.1. The molecule has 4 nitrogen and oxygen atoms in total. The van der Waals surface area contributed by atoms with Gasteiger partial charge in [-0.2, -0.15) is 13.2 Å². The van der Waals surface area contributed by atoms with E-state index in [1.54, 1.807) is 34.5 Å². The lowest BCUT2D eigenvalue weighted by molar-refractivity contribution is -0.138. The van der Waals surface area contributed by atoms with Gasteiger partial charge in [-0.1, -0.05) is 6.58 Å². The minimum Gasteiger partial charge on any atom is -0.371 e. The maximum atomic E-state index is 12.8. The fourth-order valence-electron chi connectivity index (χ4n) is 1.85. The number of aromatic nitrogens is 1. The Morgan fingerprint density at radius 1 is 1.53 bits per heavy atom. The number of halogens is 4. The van der Waals surface area contributed by atoms with Gasteiger partial charge in [0.25, 0.3) is 0 Å². The number of alkyl halides is 3. The zero-order chi connectivity index (χ0) is 14.4. The minimum atomic E-state index is -4.45. The summed E-state index contributed by atoms with van der Waals surface area (Å²) < 4.78 is 38.5. The highest BCUT2D eigenvalue weighted by Gasteiger charge is 2.36. The second-order valence-electron chi connectivity index (χ2n) is 4.17. The van der Waals surface area contributed by atoms with Crippen LogP contribution >= 0.6 is 22.6 Å². The van der Waals surface area contributed by atoms with Gasteiger partial charge in [0.15, 0.2) is 6.23 Å². The zero-order valence-electron chi connectivity index (χ0n) is 9.95. The minimum absolute atomic E-state index is 0.0153. The van der Waals surface area contributed by atoms with Gasteiger partial charge in [0, 0.05) is 16.8 Å². The van der Waals surface area contributed by atoms with Crippen molar-refractivity contribution in [2.75, 3.05) is 18.5 Å². The Balaban J connectivity index is 2.45. The van der Waals surface area contributed by atoms with Crippen molar-refractivity contribution in [1.29, 1.82) is 0 Å². The fourth-order valence-corrected chi connectivity index (χ4v) is 2.45. The van der Waals surface area contributed by atoms with Crippen molar-refractivity contribution in [2.24, 2.45) is 0 Å². The van der Waals surface area contributed by atoms with E-state index in [2.05, 4.69) is 11.6 Å². The van der Waals surface area contributed by atoms with Gasteiger partial charge in [-0.15, -0.1) is 0 Å². The van der Waals surface area contributed by atoms with E-state index in [0.717, 1.165) is 12.3 Å². The Hall–Kier alpha value is -1.03. The maximum Gasteiger partial charge on any atom is 0.417 e. The number of hydrogen-bond donors (Lipinski definition) is 1. The second kappa shape index (κ2) is 4.82. The van der Waals surface area contributed by atoms with Gasteiger partial charge in [-0.25, -0.2) is 4.98 Å². The van der Waals surface area contributed by atoms with Gasteiger partial charge < -0.3 is 10.0 Å². The molecule has 0 spiro atoms. The zero-order valence-corrected chi connectivity index (χ0v) is 12.1. The fraction of sp³-hybridized carbons (Fsp3) is 0.364. The first-order valence-electron chi connectivity index (χ1n) is 5.32. The molecule has 1 aliphatic heterocycles. The van der Waals surface area contributed by atoms with Gasteiger partial charge in [0.1, 0.15) is 11.6 Å². The molecule has 8 heteroatoms. The van der Waals surface area contributed by atoms with Crippen LogP contribution in [0.4, 0.5) is 19.0 Å². The van der Waals surface area contributed by atoms with Crippen LogP contribution in [0.1, 0.15) is 5.56 Å². The molecule has 1 aromatic rings. The Morgan fingerprint density at radius 2 is 2.16 bits per heavy atom. The van der Waals surface area contributed by atoms with E-state index < -0.39 is 18.0 Å². The Bertz CT molecular complexity index is 520. The van der Waals surface area contributed by atoms with Crippen LogP contribution in [0.5, 0.6) is 0 Å². The van der Waals surface area contributed by atoms with Gasteiger partial charge in [-0.05, 0) is 28.7 Å². The van der Waals surface area contributed by atoms with Crippen LogP contribution in [-0.2, 0) is 6.18 Å². The summed E-state index contributed by atoms with van der Waals surface area (Å²) in [7, 11) is 1.70. The summed E-state index contributed by atoms with van der Waals surface area (Å²) in [5.41, 5.74) is -0.771. The molecule has 2 heterocycles. The van der Waals surface area contributed by atoms with E-state index in [-0.39, 0.29) is 15.9 Å². The molecule has 19 heavy (non-hydrogen) atoms. The lowest BCUT2D eigenvalue weighted by Gasteiger charge is -2.23. The van der Waals surface area contributed by atoms with Gasteiger partial charge in [-0.3, -0.25) is 4.90 Å². The standard InChI is InChI=1S/C11H11F3IN3O/c1-6-17(2)5-10(19)18(6)9-3-7(11(12,13)14)8(15)4-16-9/h3-4,10,19H,1,5H2,2H3. The first-order chi connectivity index (χ1) is 8.71. The third kappa shape index (κ3) is 2.64. The second-order valence-corrected chi connectivity index (χ2v) is 5.33. The molecule has 1 saturated heterocycles. The van der Waals surface area contributed by atoms with Gasteiger partial charge >= 0.3 is 6.18 Å². The lowest BCUT2D eigenvalue weighted by atomic mass is 10.2. The number of nitrogens with zero attached hydrogens (tertiary/aromatic N) is 3. The van der Waals surface area contributed by atoms with Gasteiger partial charge in [0.05, 0.1) is 12.1 Å². The van der Waals surface area contributed by atoms with Gasteiger partial charge in [0.2, 0.25) is 0 Å². The van der Waals surface area contributed by atoms with Crippen molar-refractivity contribution in [3.8, 4) is 0 Å². The molecule has 1 fully saturated rings. The molecule has 1 aromatic heterocycles. The van der Waals surface area contributed by atoms with Crippen molar-refractivity contribution >= 4 is 28.4 Å². The summed E-state index contributed by atoms with van der Waals surface area (Å²) in [6.07, 6.45) is -4.27. The van der Waals surface area contributed by atoms with E-state index in [0.29, 0.717) is 5.82 Å². The van der Waals surface area contributed by atoms with E-state index in [4.69, 9.17) is 0 Å². The van der Waals surface area contributed by atoms with Crippen LogP contribution in [0, 0.1) is 3.57 Å². The monoisotopic (exact) mass is 385 g/mol. The summed E-state index contributed by atoms with van der Waals surface area (Å²) in [5.74, 6) is 0.448. The van der Waals surface area contributed by atoms with E-state index in [1.807, 2.05) is 0 Å². The molecule has 1 atom stereocenters. The van der Waals surface area contributed by atoms with Crippen LogP contribution in [0.15, 0.2) is 24.7 Å². The number of aliphatic hydroxyl groups is 1. The molecule has 0 bridgehead atoms. The summed E-state index contributed by atoms with van der Waals surface area (Å²) in [5, 5.41) is 9.85. The highest BCUT2D eigenvalue weighted by Crippen LogP contribution is 2.36. The third-order valence-corrected chi connectivity index (χ3v) is 3.71. The summed E-state index contributed by atoms with van der Waals surface area (Å²) in [6.45, 7) is 4.00. The number of β-amino-alcohol motifs (C(OH)–C–C–N with tert-alkyl or cyclic N) is 1. The molecule has 0 aliphatic carbocycles. The average Bonchev–Trinajstić information content (AvgIpc) is 2.53. The van der Waals surface area contributed by atoms with Crippen molar-refractivity contribution in [1.82, 2.24) is 9.88 Å². The third-order valence-electron chi connectivity index (χ3n) is 2.85. The molecule has 104 valence electrons. The first kappa shape index (κ1) is 14.4. The predicted molar refractivity (Wildman–Crippen MR) is 72.2 cm³/mol. The summed E-state index contributed by atoms with van der Waals surface area (Å²) in [6, 6.07) is 0.926. The predicted octanol–water partition coefficient (Wildman–Crippen LogP) is 2.25. The lowest BCUT2D eigenvalue weighted by Crippen LogP contribution is -2.30. The molecule has 0 saturated carbocycles. The number of aliphatic hydroxyl groups excluding tert-OH is 1. The van der Waals surface area contributed by atoms with Crippen molar-refractivity contribution in [3.05, 3.63) is 33.8 Å². The number of pyridine rings is 1. The quantitative estimate of drug-likeness (QED) is 0.753. The summed E-state index contributed by atoms with van der Waals surface area (Å²) >= 11 is 1.58. The van der Waals surface area contributed by atoms with E-state index in [1.165, 1.54) is 4.90 Å². The molecule has 2 rings (SSSR count). The van der Waals surface area contributed by atoms with Crippen LogP contribution in [0.25, 0.3) is 0 Å². The number of rotatable bonds is 1. The topological polar surface area (TPSA) is 39.6 Å². The van der Waals surface area contributed by atoms with Crippen LogP contribution in [0.3, 0.4) is 0 Å². The molecular formula is C11H11F3IN3O. The van der Waals surface area contributed by atoms with E-state index in [9.17, 15) is 18.3 Å². The molecule has 0 aromatic carbocycles. The van der Waals surface area contributed by atoms with Crippen LogP contribution in [-0.4, -0.2) is 34.8 Å². The smallest absolute Gasteiger partial charge is 0.371 e. The summed E-state index contributed by atoms with van der Waals surface area (Å²) in [4.78, 5) is 6.87. The molecule has 0 amide bonds. The largest absolute Gasteiger partial charge is 0.417 e. The molecule has 1 aliphatic rings. The Morgan fingerprint density at radius 3 is 2.63 bits per heavy atom. The maximum absolute atomic E-state index is 12.8. The Labute approximate surface area is 121 Å². The number of anilines is 1. The molecule has 1 unspecified atom stereocenters. The number of hydrogen-bond acceptors (Lipinski definition) is 4. The van der Waals surface area contributed by atoms with Crippen molar-refractivity contribution in [2.45, 2.75) is 12.4 Å². The van der Waals surface area contributed by atoms with Crippen LogP contribution in [0.2, 0.25) is 0 Å². The van der Waals surface area contributed by atoms with Crippen LogP contribution < -0.4 is 4.90 Å². The highest BCUT2D eigenvalue weighted by atomic mass is 127. The molecular weight excluding hydrogens is 374 g/mol. The van der Waals surface area contributed by atoms with E-state index >= 15 is 0 Å². The molecule has 1 N–H and O–H groups in total. The normalized spacial score (nSPS) is 20.3. The molecule has 0 radical (unpaired) electrons. The SMILES string of the molecule is C=C1N(C)CC(O)N1c1cc(C(F)(F)F)c(I)cn1. The van der Waals surface area contributed by atoms with Crippen molar-refractivity contribution in [3.63, 3.8) is 0 Å². The first-order valence-corrected chi connectivity index (χ1v) is 6.39. The Kier molecular flexibility index (Phi) is 3.65. The van der Waals surface area contributed by atoms with Crippen molar-refractivity contribution < 1.29 is 18.3 Å². The number of likely N-dealkylation sites (N-methyl/N-ethyl adjacent to an activating group) is 1. The average molecular weight is 385 g/mol.